The summed E-state index contributed by atoms with van der Waals surface area (Å²) in [5, 5.41) is 0.720. The molecule has 0 N–H and O–H groups in total. The van der Waals surface area contributed by atoms with Gasteiger partial charge in [-0.1, -0.05) is 30.7 Å². The van der Waals surface area contributed by atoms with E-state index in [1.54, 1.807) is 0 Å². The van der Waals surface area contributed by atoms with Crippen LogP contribution >= 0.6 is 11.6 Å². The fourth-order valence-electron chi connectivity index (χ4n) is 2.77. The summed E-state index contributed by atoms with van der Waals surface area (Å²) in [6.45, 7) is 2.88. The summed E-state index contributed by atoms with van der Waals surface area (Å²) in [5.74, 6) is 0.288. The summed E-state index contributed by atoms with van der Waals surface area (Å²) in [6.07, 6.45) is 3.80. The van der Waals surface area contributed by atoms with Gasteiger partial charge in [0.25, 0.3) is 0 Å². The molecular weight excluding hydrogens is 258 g/mol. The summed E-state index contributed by atoms with van der Waals surface area (Å²) in [7, 11) is 4.03. The van der Waals surface area contributed by atoms with Crippen LogP contribution in [0.1, 0.15) is 25.3 Å². The Balaban J connectivity index is 2.19. The van der Waals surface area contributed by atoms with Crippen LogP contribution in [0.4, 0.5) is 0 Å². The monoisotopic (exact) mass is 277 g/mol. The molecule has 2 nitrogen and oxygen atoms in total. The lowest BCUT2D eigenvalue weighted by Crippen LogP contribution is -2.34. The molecule has 1 unspecified atom stereocenters. The van der Waals surface area contributed by atoms with Crippen molar-refractivity contribution in [3.8, 4) is 0 Å². The number of carbonyl (C=O) groups is 1. The number of hydrogen-bond acceptors (Lipinski definition) is 2. The number of allylic oxidation sites excluding steroid dienone is 1. The van der Waals surface area contributed by atoms with Gasteiger partial charge in [0.15, 0.2) is 5.78 Å². The van der Waals surface area contributed by atoms with E-state index in [1.165, 1.54) is 0 Å². The predicted octanol–water partition coefficient (Wildman–Crippen LogP) is 3.65. The van der Waals surface area contributed by atoms with Gasteiger partial charge in [-0.2, -0.15) is 0 Å². The Hall–Kier alpha value is -1.12. The van der Waals surface area contributed by atoms with E-state index in [9.17, 15) is 4.79 Å². The van der Waals surface area contributed by atoms with Crippen molar-refractivity contribution in [1.29, 1.82) is 0 Å². The van der Waals surface area contributed by atoms with Crippen LogP contribution in [0.3, 0.4) is 0 Å². The van der Waals surface area contributed by atoms with Crippen LogP contribution < -0.4 is 0 Å². The number of benzene rings is 1. The van der Waals surface area contributed by atoms with E-state index in [0.29, 0.717) is 0 Å². The fourth-order valence-corrected chi connectivity index (χ4v) is 2.90. The number of Topliss-reactive ketones (excluding diaryl/α,β-unsaturated/α-hetero) is 1. The SMILES string of the molecule is CN(C)CC1(C)CC/C(=C\c2ccc(Cl)cc2)C1=O. The lowest BCUT2D eigenvalue weighted by Gasteiger charge is -2.25. The first-order chi connectivity index (χ1) is 8.90. The molecule has 1 fully saturated rings. The predicted molar refractivity (Wildman–Crippen MR) is 80.3 cm³/mol. The van der Waals surface area contributed by atoms with Crippen LogP contribution in [0.5, 0.6) is 0 Å². The second-order valence-corrected chi connectivity index (χ2v) is 6.29. The molecule has 1 aromatic rings. The van der Waals surface area contributed by atoms with Gasteiger partial charge >= 0.3 is 0 Å². The highest BCUT2D eigenvalue weighted by Gasteiger charge is 2.40. The largest absolute Gasteiger partial charge is 0.308 e. The Morgan fingerprint density at radius 2 is 1.95 bits per heavy atom. The lowest BCUT2D eigenvalue weighted by molar-refractivity contribution is -0.122. The topological polar surface area (TPSA) is 20.3 Å². The number of rotatable bonds is 3. The molecule has 3 heteroatoms. The first kappa shape index (κ1) is 14.3. The highest BCUT2D eigenvalue weighted by Crippen LogP contribution is 2.39. The molecule has 2 rings (SSSR count). The fraction of sp³-hybridized carbons (Fsp3) is 0.438. The van der Waals surface area contributed by atoms with Crippen LogP contribution in [-0.4, -0.2) is 31.3 Å². The highest BCUT2D eigenvalue weighted by atomic mass is 35.5. The molecule has 1 aliphatic carbocycles. The normalized spacial score (nSPS) is 25.5. The lowest BCUT2D eigenvalue weighted by atomic mass is 9.86. The summed E-state index contributed by atoms with van der Waals surface area (Å²) in [6, 6.07) is 7.60. The van der Waals surface area contributed by atoms with Gasteiger partial charge in [0, 0.05) is 17.0 Å². The number of halogens is 1. The minimum Gasteiger partial charge on any atom is -0.308 e. The van der Waals surface area contributed by atoms with Crippen LogP contribution in [0, 0.1) is 5.41 Å². The zero-order valence-electron chi connectivity index (χ0n) is 11.7. The molecule has 0 amide bonds. The van der Waals surface area contributed by atoms with Crippen molar-refractivity contribution in [2.24, 2.45) is 5.41 Å². The quantitative estimate of drug-likeness (QED) is 0.786. The molecular formula is C16H20ClNO. The summed E-state index contributed by atoms with van der Waals surface area (Å²) in [5.41, 5.74) is 1.75. The van der Waals surface area contributed by atoms with Gasteiger partial charge in [-0.15, -0.1) is 0 Å². The standard InChI is InChI=1S/C16H20ClNO/c1-16(11-18(2)3)9-8-13(15(16)19)10-12-4-6-14(17)7-5-12/h4-7,10H,8-9,11H2,1-3H3/b13-10+. The van der Waals surface area contributed by atoms with E-state index in [0.717, 1.165) is 35.5 Å². The van der Waals surface area contributed by atoms with Crippen molar-refractivity contribution in [1.82, 2.24) is 4.90 Å². The van der Waals surface area contributed by atoms with Crippen molar-refractivity contribution in [3.63, 3.8) is 0 Å². The zero-order chi connectivity index (χ0) is 14.0. The van der Waals surface area contributed by atoms with Gasteiger partial charge in [0.2, 0.25) is 0 Å². The molecule has 0 aromatic heterocycles. The molecule has 19 heavy (non-hydrogen) atoms. The van der Waals surface area contributed by atoms with Crippen molar-refractivity contribution in [2.75, 3.05) is 20.6 Å². The van der Waals surface area contributed by atoms with Crippen LogP contribution in [0.2, 0.25) is 5.02 Å². The molecule has 0 heterocycles. The van der Waals surface area contributed by atoms with E-state index < -0.39 is 0 Å². The molecule has 0 aliphatic heterocycles. The van der Waals surface area contributed by atoms with Crippen molar-refractivity contribution >= 4 is 23.5 Å². The first-order valence-corrected chi connectivity index (χ1v) is 6.94. The summed E-state index contributed by atoms with van der Waals surface area (Å²) < 4.78 is 0. The maximum atomic E-state index is 12.5. The molecule has 102 valence electrons. The van der Waals surface area contributed by atoms with Gasteiger partial charge in [0.1, 0.15) is 0 Å². The Bertz CT molecular complexity index is 504. The average molecular weight is 278 g/mol. The van der Waals surface area contributed by atoms with Crippen molar-refractivity contribution < 1.29 is 4.79 Å². The minimum atomic E-state index is -0.234. The Labute approximate surface area is 120 Å². The summed E-state index contributed by atoms with van der Waals surface area (Å²) in [4.78, 5) is 14.6. The number of carbonyl (C=O) groups excluding carboxylic acids is 1. The van der Waals surface area contributed by atoms with Gasteiger partial charge in [-0.05, 0) is 56.3 Å². The Morgan fingerprint density at radius 3 is 2.53 bits per heavy atom. The Kier molecular flexibility index (Phi) is 4.12. The minimum absolute atomic E-state index is 0.234. The summed E-state index contributed by atoms with van der Waals surface area (Å²) >= 11 is 5.87. The highest BCUT2D eigenvalue weighted by molar-refractivity contribution is 6.30. The van der Waals surface area contributed by atoms with Crippen LogP contribution in [-0.2, 0) is 4.79 Å². The zero-order valence-corrected chi connectivity index (χ0v) is 12.5. The molecule has 0 saturated heterocycles. The Morgan fingerprint density at radius 1 is 1.32 bits per heavy atom. The molecule has 0 radical (unpaired) electrons. The van der Waals surface area contributed by atoms with Crippen molar-refractivity contribution in [2.45, 2.75) is 19.8 Å². The van der Waals surface area contributed by atoms with E-state index in [4.69, 9.17) is 11.6 Å². The van der Waals surface area contributed by atoms with Gasteiger partial charge in [0.05, 0.1) is 0 Å². The van der Waals surface area contributed by atoms with E-state index in [2.05, 4.69) is 11.8 Å². The smallest absolute Gasteiger partial charge is 0.166 e. The maximum Gasteiger partial charge on any atom is 0.166 e. The third kappa shape index (κ3) is 3.26. The van der Waals surface area contributed by atoms with Gasteiger partial charge in [-0.3, -0.25) is 4.79 Å². The van der Waals surface area contributed by atoms with E-state index in [1.807, 2.05) is 44.4 Å². The first-order valence-electron chi connectivity index (χ1n) is 6.56. The van der Waals surface area contributed by atoms with E-state index in [-0.39, 0.29) is 11.2 Å². The third-order valence-electron chi connectivity index (χ3n) is 3.66. The molecule has 0 spiro atoms. The molecule has 1 atom stereocenters. The molecule has 1 aromatic carbocycles. The van der Waals surface area contributed by atoms with Gasteiger partial charge < -0.3 is 4.90 Å². The molecule has 1 saturated carbocycles. The van der Waals surface area contributed by atoms with E-state index >= 15 is 0 Å². The number of ketones is 1. The second kappa shape index (κ2) is 5.48. The third-order valence-corrected chi connectivity index (χ3v) is 3.91. The number of hydrogen-bond donors (Lipinski definition) is 0. The molecule has 0 bridgehead atoms. The van der Waals surface area contributed by atoms with Gasteiger partial charge in [-0.25, -0.2) is 0 Å². The van der Waals surface area contributed by atoms with Crippen LogP contribution in [0.15, 0.2) is 29.8 Å². The van der Waals surface area contributed by atoms with Crippen LogP contribution in [0.25, 0.3) is 6.08 Å². The maximum absolute atomic E-state index is 12.5. The second-order valence-electron chi connectivity index (χ2n) is 5.85. The average Bonchev–Trinajstić information content (AvgIpc) is 2.59. The van der Waals surface area contributed by atoms with Crippen molar-refractivity contribution in [3.05, 3.63) is 40.4 Å². The number of nitrogens with zero attached hydrogens (tertiary/aromatic N) is 1. The molecule has 1 aliphatic rings.